The molecule has 0 amide bonds. The molecule has 0 saturated carbocycles. The minimum Gasteiger partial charge on any atom is -0.402 e. The fraction of sp³-hybridized carbons (Fsp3) is 0.778. The topological polar surface area (TPSA) is 26.0 Å². The molecule has 0 aromatic heterocycles. The SMILES string of the molecule is CC(=C(N)C(C)C)C(C)C. The van der Waals surface area contributed by atoms with Gasteiger partial charge in [0.25, 0.3) is 0 Å². The molecule has 10 heavy (non-hydrogen) atoms. The molecule has 1 heteroatoms. The van der Waals surface area contributed by atoms with E-state index in [-0.39, 0.29) is 0 Å². The summed E-state index contributed by atoms with van der Waals surface area (Å²) in [6.45, 7) is 10.7. The van der Waals surface area contributed by atoms with Crippen LogP contribution in [0.3, 0.4) is 0 Å². The van der Waals surface area contributed by atoms with Gasteiger partial charge in [0.05, 0.1) is 0 Å². The first kappa shape index (κ1) is 9.54. The van der Waals surface area contributed by atoms with Crippen molar-refractivity contribution in [3.8, 4) is 0 Å². The summed E-state index contributed by atoms with van der Waals surface area (Å²) in [5, 5.41) is 0. The molecular weight excluding hydrogens is 122 g/mol. The van der Waals surface area contributed by atoms with Gasteiger partial charge in [0.2, 0.25) is 0 Å². The normalized spacial score (nSPS) is 14.3. The van der Waals surface area contributed by atoms with Crippen LogP contribution in [0.2, 0.25) is 0 Å². The van der Waals surface area contributed by atoms with Crippen molar-refractivity contribution >= 4 is 0 Å². The third kappa shape index (κ3) is 2.42. The molecule has 0 bridgehead atoms. The summed E-state index contributed by atoms with van der Waals surface area (Å²) in [5.41, 5.74) is 8.22. The van der Waals surface area contributed by atoms with Gasteiger partial charge < -0.3 is 5.73 Å². The van der Waals surface area contributed by atoms with Crippen LogP contribution in [0.15, 0.2) is 11.3 Å². The Balaban J connectivity index is 4.34. The molecule has 0 aliphatic rings. The molecular formula is C9H19N. The monoisotopic (exact) mass is 141 g/mol. The highest BCUT2D eigenvalue weighted by Gasteiger charge is 2.04. The van der Waals surface area contributed by atoms with Gasteiger partial charge in [0.15, 0.2) is 0 Å². The lowest BCUT2D eigenvalue weighted by Gasteiger charge is -2.13. The van der Waals surface area contributed by atoms with E-state index in [1.165, 1.54) is 5.57 Å². The van der Waals surface area contributed by atoms with E-state index in [0.29, 0.717) is 11.8 Å². The molecule has 60 valence electrons. The molecule has 0 heterocycles. The largest absolute Gasteiger partial charge is 0.402 e. The molecule has 0 aromatic carbocycles. The smallest absolute Gasteiger partial charge is 0.00981 e. The van der Waals surface area contributed by atoms with Crippen LogP contribution < -0.4 is 5.73 Å². The summed E-state index contributed by atoms with van der Waals surface area (Å²) in [7, 11) is 0. The molecule has 0 aliphatic carbocycles. The van der Waals surface area contributed by atoms with Crippen molar-refractivity contribution in [1.29, 1.82) is 0 Å². The van der Waals surface area contributed by atoms with E-state index in [0.717, 1.165) is 5.70 Å². The Morgan fingerprint density at radius 2 is 1.40 bits per heavy atom. The van der Waals surface area contributed by atoms with E-state index in [2.05, 4.69) is 34.6 Å². The van der Waals surface area contributed by atoms with Gasteiger partial charge >= 0.3 is 0 Å². The third-order valence-corrected chi connectivity index (χ3v) is 1.94. The van der Waals surface area contributed by atoms with Gasteiger partial charge in [-0.2, -0.15) is 0 Å². The molecule has 0 unspecified atom stereocenters. The molecule has 0 rings (SSSR count). The van der Waals surface area contributed by atoms with Crippen molar-refractivity contribution in [2.75, 3.05) is 0 Å². The summed E-state index contributed by atoms with van der Waals surface area (Å²) in [6, 6.07) is 0. The zero-order chi connectivity index (χ0) is 8.31. The Kier molecular flexibility index (Phi) is 3.48. The number of nitrogens with two attached hydrogens (primary N) is 1. The second-order valence-corrected chi connectivity index (χ2v) is 3.45. The second kappa shape index (κ2) is 3.65. The van der Waals surface area contributed by atoms with Gasteiger partial charge in [-0.25, -0.2) is 0 Å². The van der Waals surface area contributed by atoms with Crippen molar-refractivity contribution in [3.63, 3.8) is 0 Å². The maximum Gasteiger partial charge on any atom is 0.00981 e. The van der Waals surface area contributed by atoms with Crippen LogP contribution in [-0.4, -0.2) is 0 Å². The van der Waals surface area contributed by atoms with Crippen LogP contribution in [0.1, 0.15) is 34.6 Å². The van der Waals surface area contributed by atoms with Crippen LogP contribution in [0, 0.1) is 11.8 Å². The Hall–Kier alpha value is -0.460. The Labute approximate surface area is 64.3 Å². The molecule has 1 nitrogen and oxygen atoms in total. The molecule has 0 fully saturated rings. The standard InChI is InChI=1S/C9H19N/c1-6(2)8(5)9(10)7(3)4/h6-7H,10H2,1-5H3. The van der Waals surface area contributed by atoms with Crippen molar-refractivity contribution in [1.82, 2.24) is 0 Å². The Morgan fingerprint density at radius 1 is 1.00 bits per heavy atom. The van der Waals surface area contributed by atoms with E-state index < -0.39 is 0 Å². The molecule has 0 saturated heterocycles. The van der Waals surface area contributed by atoms with E-state index in [1.807, 2.05) is 0 Å². The van der Waals surface area contributed by atoms with Gasteiger partial charge in [-0.15, -0.1) is 0 Å². The average Bonchev–Trinajstić information content (AvgIpc) is 1.84. The van der Waals surface area contributed by atoms with E-state index in [9.17, 15) is 0 Å². The first-order valence-corrected chi connectivity index (χ1v) is 3.93. The van der Waals surface area contributed by atoms with Crippen LogP contribution in [0.5, 0.6) is 0 Å². The molecule has 0 aliphatic heterocycles. The zero-order valence-electron chi connectivity index (χ0n) is 7.73. The lowest BCUT2D eigenvalue weighted by atomic mass is 9.98. The molecule has 2 N–H and O–H groups in total. The van der Waals surface area contributed by atoms with Gasteiger partial charge in [0.1, 0.15) is 0 Å². The summed E-state index contributed by atoms with van der Waals surface area (Å²) >= 11 is 0. The molecule has 0 radical (unpaired) electrons. The fourth-order valence-electron chi connectivity index (χ4n) is 0.789. The predicted molar refractivity (Wildman–Crippen MR) is 46.6 cm³/mol. The van der Waals surface area contributed by atoms with Gasteiger partial charge in [-0.3, -0.25) is 0 Å². The third-order valence-electron chi connectivity index (χ3n) is 1.94. The van der Waals surface area contributed by atoms with Crippen LogP contribution in [0.4, 0.5) is 0 Å². The van der Waals surface area contributed by atoms with Gasteiger partial charge in [-0.1, -0.05) is 33.3 Å². The summed E-state index contributed by atoms with van der Waals surface area (Å²) in [5.74, 6) is 1.07. The average molecular weight is 141 g/mol. The number of hydrogen-bond donors (Lipinski definition) is 1. The summed E-state index contributed by atoms with van der Waals surface area (Å²) < 4.78 is 0. The highest BCUT2D eigenvalue weighted by atomic mass is 14.6. The zero-order valence-corrected chi connectivity index (χ0v) is 7.73. The lowest BCUT2D eigenvalue weighted by Crippen LogP contribution is -2.10. The number of hydrogen-bond acceptors (Lipinski definition) is 1. The Morgan fingerprint density at radius 3 is 1.50 bits per heavy atom. The quantitative estimate of drug-likeness (QED) is 0.628. The predicted octanol–water partition coefficient (Wildman–Crippen LogP) is 2.53. The van der Waals surface area contributed by atoms with E-state index in [4.69, 9.17) is 5.73 Å². The molecule has 0 spiro atoms. The maximum absolute atomic E-state index is 5.84. The lowest BCUT2D eigenvalue weighted by molar-refractivity contribution is 0.683. The molecule has 0 aromatic rings. The van der Waals surface area contributed by atoms with Crippen molar-refractivity contribution < 1.29 is 0 Å². The minimum atomic E-state index is 0.488. The first-order valence-electron chi connectivity index (χ1n) is 3.93. The Bertz CT molecular complexity index is 116. The number of allylic oxidation sites excluding steroid dienone is 2. The van der Waals surface area contributed by atoms with Crippen LogP contribution >= 0.6 is 0 Å². The highest BCUT2D eigenvalue weighted by molar-refractivity contribution is 5.11. The van der Waals surface area contributed by atoms with Crippen LogP contribution in [-0.2, 0) is 0 Å². The highest BCUT2D eigenvalue weighted by Crippen LogP contribution is 2.15. The molecule has 0 atom stereocenters. The summed E-state index contributed by atoms with van der Waals surface area (Å²) in [4.78, 5) is 0. The van der Waals surface area contributed by atoms with E-state index >= 15 is 0 Å². The minimum absolute atomic E-state index is 0.488. The van der Waals surface area contributed by atoms with Crippen molar-refractivity contribution in [2.45, 2.75) is 34.6 Å². The fourth-order valence-corrected chi connectivity index (χ4v) is 0.789. The van der Waals surface area contributed by atoms with Crippen molar-refractivity contribution in [3.05, 3.63) is 11.3 Å². The van der Waals surface area contributed by atoms with Gasteiger partial charge in [-0.05, 0) is 18.8 Å². The first-order chi connectivity index (χ1) is 4.46. The van der Waals surface area contributed by atoms with E-state index in [1.54, 1.807) is 0 Å². The summed E-state index contributed by atoms with van der Waals surface area (Å²) in [6.07, 6.45) is 0. The van der Waals surface area contributed by atoms with Gasteiger partial charge in [0, 0.05) is 5.70 Å². The second-order valence-electron chi connectivity index (χ2n) is 3.45. The maximum atomic E-state index is 5.84. The van der Waals surface area contributed by atoms with Crippen LogP contribution in [0.25, 0.3) is 0 Å². The number of rotatable bonds is 2. The van der Waals surface area contributed by atoms with Crippen molar-refractivity contribution in [2.24, 2.45) is 17.6 Å².